The number of rotatable bonds is 11. The number of likely N-dealkylation sites (tertiary alicyclic amines) is 1. The Hall–Kier alpha value is -4.94. The molecule has 1 atom stereocenters. The Balaban J connectivity index is 1.36. The highest BCUT2D eigenvalue weighted by molar-refractivity contribution is 5.67. The fourth-order valence-electron chi connectivity index (χ4n) is 6.89. The maximum Gasteiger partial charge on any atom is 0.449 e. The minimum absolute atomic E-state index is 0.00953. The van der Waals surface area contributed by atoms with Crippen LogP contribution in [0.3, 0.4) is 0 Å². The zero-order valence-electron chi connectivity index (χ0n) is 27.9. The van der Waals surface area contributed by atoms with E-state index in [1.807, 2.05) is 0 Å². The van der Waals surface area contributed by atoms with Crippen molar-refractivity contribution in [3.8, 4) is 0 Å². The Morgan fingerprint density at radius 2 is 1.68 bits per heavy atom. The Labute approximate surface area is 296 Å². The number of benzene rings is 2. The Morgan fingerprint density at radius 1 is 0.962 bits per heavy atom. The van der Waals surface area contributed by atoms with E-state index in [4.69, 9.17) is 20.0 Å². The minimum atomic E-state index is -4.97. The molecule has 2 aliphatic heterocycles. The summed E-state index contributed by atoms with van der Waals surface area (Å²) in [6.45, 7) is -1.11. The molecule has 284 valence electrons. The lowest BCUT2D eigenvalue weighted by Gasteiger charge is -2.38. The SMILES string of the molecule is NC(Cn1c(=O)c2c(n(Cc3c(F)cccc3C(F)(F)F)c1=O)COC21CCN(Cc2ccc(C(F)(F)F)o2)CC1)c1cccc(NCCC(=O)O)c1. The third kappa shape index (κ3) is 7.89. The molecule has 1 unspecified atom stereocenters. The number of ether oxygens (including phenoxy) is 1. The number of nitrogens with two attached hydrogens (primary N) is 1. The molecule has 2 aromatic heterocycles. The van der Waals surface area contributed by atoms with Crippen molar-refractivity contribution in [1.29, 1.82) is 0 Å². The molecular formula is C35H34F7N5O6. The lowest BCUT2D eigenvalue weighted by molar-refractivity contribution is -0.153. The molecule has 1 saturated heterocycles. The molecular weight excluding hydrogens is 719 g/mol. The van der Waals surface area contributed by atoms with Crippen LogP contribution in [0.2, 0.25) is 0 Å². The van der Waals surface area contributed by atoms with Gasteiger partial charge in [0.05, 0.1) is 49.5 Å². The molecule has 0 aliphatic carbocycles. The van der Waals surface area contributed by atoms with Crippen LogP contribution in [0.4, 0.5) is 36.4 Å². The van der Waals surface area contributed by atoms with E-state index in [1.165, 1.54) is 6.07 Å². The van der Waals surface area contributed by atoms with Crippen LogP contribution in [-0.2, 0) is 53.7 Å². The first kappa shape index (κ1) is 37.8. The monoisotopic (exact) mass is 753 g/mol. The molecule has 4 heterocycles. The number of alkyl halides is 6. The van der Waals surface area contributed by atoms with E-state index in [9.17, 15) is 40.7 Å². The number of hydrogen-bond donors (Lipinski definition) is 3. The minimum Gasteiger partial charge on any atom is -0.481 e. The number of aliphatic carboxylic acids is 1. The van der Waals surface area contributed by atoms with Crippen molar-refractivity contribution in [2.75, 3.05) is 25.0 Å². The second-order valence-corrected chi connectivity index (χ2v) is 13.0. The quantitative estimate of drug-likeness (QED) is 0.171. The van der Waals surface area contributed by atoms with Gasteiger partial charge in [0.15, 0.2) is 0 Å². The van der Waals surface area contributed by atoms with Gasteiger partial charge in [-0.3, -0.25) is 23.6 Å². The molecule has 6 rings (SSSR count). The fourth-order valence-corrected chi connectivity index (χ4v) is 6.89. The van der Waals surface area contributed by atoms with Crippen molar-refractivity contribution in [3.63, 3.8) is 0 Å². The van der Waals surface area contributed by atoms with E-state index >= 15 is 4.39 Å². The number of fused-ring (bicyclic) bond motifs is 2. The summed E-state index contributed by atoms with van der Waals surface area (Å²) in [6, 6.07) is 9.98. The highest BCUT2D eigenvalue weighted by Gasteiger charge is 2.47. The summed E-state index contributed by atoms with van der Waals surface area (Å²) >= 11 is 0. The van der Waals surface area contributed by atoms with E-state index in [-0.39, 0.29) is 69.1 Å². The van der Waals surface area contributed by atoms with Crippen LogP contribution in [0.25, 0.3) is 0 Å². The number of nitrogens with zero attached hydrogens (tertiary/aromatic N) is 3. The van der Waals surface area contributed by atoms with Crippen LogP contribution in [0.1, 0.15) is 64.8 Å². The predicted molar refractivity (Wildman–Crippen MR) is 174 cm³/mol. The third-order valence-corrected chi connectivity index (χ3v) is 9.56. The fraction of sp³-hybridized carbons (Fsp3) is 0.400. The molecule has 0 bridgehead atoms. The summed E-state index contributed by atoms with van der Waals surface area (Å²) in [5.41, 5.74) is 2.20. The van der Waals surface area contributed by atoms with Crippen molar-refractivity contribution in [2.24, 2.45) is 5.73 Å². The number of carboxylic acids is 1. The molecule has 53 heavy (non-hydrogen) atoms. The number of hydrogen-bond acceptors (Lipinski definition) is 8. The number of carboxylic acid groups (broad SMARTS) is 1. The van der Waals surface area contributed by atoms with Gasteiger partial charge in [-0.05, 0) is 54.8 Å². The normalized spacial score (nSPS) is 16.5. The van der Waals surface area contributed by atoms with Gasteiger partial charge in [0, 0.05) is 36.9 Å². The van der Waals surface area contributed by atoms with Gasteiger partial charge >= 0.3 is 24.0 Å². The summed E-state index contributed by atoms with van der Waals surface area (Å²) in [5, 5.41) is 11.9. The summed E-state index contributed by atoms with van der Waals surface area (Å²) in [5.74, 6) is -3.30. The Morgan fingerprint density at radius 3 is 2.34 bits per heavy atom. The highest BCUT2D eigenvalue weighted by atomic mass is 19.4. The second kappa shape index (κ2) is 14.5. The van der Waals surface area contributed by atoms with Gasteiger partial charge in [0.2, 0.25) is 5.76 Å². The molecule has 0 saturated carbocycles. The zero-order valence-corrected chi connectivity index (χ0v) is 27.9. The summed E-state index contributed by atoms with van der Waals surface area (Å²) in [4.78, 5) is 41.1. The molecule has 0 radical (unpaired) electrons. The van der Waals surface area contributed by atoms with Crippen molar-refractivity contribution in [1.82, 2.24) is 14.0 Å². The number of halogens is 7. The molecule has 0 amide bonds. The van der Waals surface area contributed by atoms with Crippen molar-refractivity contribution in [2.45, 2.75) is 69.5 Å². The smallest absolute Gasteiger partial charge is 0.449 e. The lowest BCUT2D eigenvalue weighted by Crippen LogP contribution is -2.49. The molecule has 2 aromatic carbocycles. The van der Waals surface area contributed by atoms with Crippen molar-refractivity contribution in [3.05, 3.63) is 121 Å². The lowest BCUT2D eigenvalue weighted by atomic mass is 9.85. The molecule has 18 heteroatoms. The number of anilines is 1. The van der Waals surface area contributed by atoms with E-state index in [2.05, 4.69) is 5.32 Å². The maximum absolute atomic E-state index is 15.1. The van der Waals surface area contributed by atoms with E-state index in [1.54, 1.807) is 29.2 Å². The first-order valence-electron chi connectivity index (χ1n) is 16.5. The number of furan rings is 1. The Bertz CT molecular complexity index is 2120. The largest absolute Gasteiger partial charge is 0.481 e. The molecule has 11 nitrogen and oxygen atoms in total. The average molecular weight is 754 g/mol. The first-order valence-corrected chi connectivity index (χ1v) is 16.5. The van der Waals surface area contributed by atoms with Crippen LogP contribution in [0.5, 0.6) is 0 Å². The van der Waals surface area contributed by atoms with Crippen LogP contribution >= 0.6 is 0 Å². The number of piperidine rings is 1. The molecule has 1 spiro atoms. The van der Waals surface area contributed by atoms with Gasteiger partial charge in [0.25, 0.3) is 5.56 Å². The maximum atomic E-state index is 15.1. The molecule has 2 aliphatic rings. The van der Waals surface area contributed by atoms with Gasteiger partial charge < -0.3 is 25.3 Å². The van der Waals surface area contributed by atoms with Crippen LogP contribution in [-0.4, -0.2) is 44.7 Å². The average Bonchev–Trinajstić information content (AvgIpc) is 3.72. The van der Waals surface area contributed by atoms with E-state index in [0.717, 1.165) is 27.3 Å². The van der Waals surface area contributed by atoms with Crippen LogP contribution in [0.15, 0.2) is 68.6 Å². The number of nitrogens with one attached hydrogen (secondary N) is 1. The van der Waals surface area contributed by atoms with Gasteiger partial charge in [0.1, 0.15) is 17.2 Å². The summed E-state index contributed by atoms with van der Waals surface area (Å²) < 4.78 is 109. The topological polar surface area (TPSA) is 145 Å². The Kier molecular flexibility index (Phi) is 10.3. The summed E-state index contributed by atoms with van der Waals surface area (Å²) in [6.07, 6.45) is -9.53. The van der Waals surface area contributed by atoms with Crippen molar-refractivity contribution < 1.29 is 49.8 Å². The van der Waals surface area contributed by atoms with Crippen LogP contribution in [0, 0.1) is 5.82 Å². The van der Waals surface area contributed by atoms with E-state index in [0.29, 0.717) is 17.3 Å². The molecule has 4 aromatic rings. The van der Waals surface area contributed by atoms with Gasteiger partial charge in [-0.15, -0.1) is 0 Å². The van der Waals surface area contributed by atoms with Gasteiger partial charge in [-0.25, -0.2) is 9.18 Å². The molecule has 1 fully saturated rings. The number of aromatic nitrogens is 2. The molecule has 4 N–H and O–H groups in total. The van der Waals surface area contributed by atoms with Gasteiger partial charge in [-0.1, -0.05) is 18.2 Å². The highest BCUT2D eigenvalue weighted by Crippen LogP contribution is 2.43. The van der Waals surface area contributed by atoms with E-state index < -0.39 is 77.0 Å². The number of carbonyl (C=O) groups is 1. The second-order valence-electron chi connectivity index (χ2n) is 13.0. The summed E-state index contributed by atoms with van der Waals surface area (Å²) in [7, 11) is 0. The van der Waals surface area contributed by atoms with Gasteiger partial charge in [-0.2, -0.15) is 26.3 Å². The standard InChI is InChI=1S/C35H34F7N5O6/c36-25-6-2-5-24(34(37,38)39)23(25)17-46-27-19-52-33(10-13-45(14-11-33)16-22-7-8-28(53-22)35(40,41)42)30(27)31(50)47(32(46)51)18-26(43)20-3-1-4-21(15-20)44-12-9-29(48)49/h1-8,15,26,44H,9-14,16-19,43H2,(H,48,49). The zero-order chi connectivity index (χ0) is 38.3. The third-order valence-electron chi connectivity index (χ3n) is 9.56. The predicted octanol–water partition coefficient (Wildman–Crippen LogP) is 5.44. The van der Waals surface area contributed by atoms with Crippen molar-refractivity contribution >= 4 is 11.7 Å². The van der Waals surface area contributed by atoms with Crippen LogP contribution < -0.4 is 22.3 Å². The first-order chi connectivity index (χ1) is 25.0.